The number of halogens is 1. The Bertz CT molecular complexity index is 1130. The van der Waals surface area contributed by atoms with E-state index in [1.165, 1.54) is 23.7 Å². The quantitative estimate of drug-likeness (QED) is 0.566. The van der Waals surface area contributed by atoms with Crippen molar-refractivity contribution < 1.29 is 12.8 Å². The summed E-state index contributed by atoms with van der Waals surface area (Å²) in [5.74, 6) is 0.438. The number of aryl methyl sites for hydroxylation is 1. The van der Waals surface area contributed by atoms with Crippen LogP contribution in [0.1, 0.15) is 29.8 Å². The highest BCUT2D eigenvalue weighted by atomic mass is 32.2. The number of hydrogen-bond donors (Lipinski definition) is 1. The molecular weight excluding hydrogens is 425 g/mol. The normalized spacial score (nSPS) is 15.5. The van der Waals surface area contributed by atoms with Crippen LogP contribution in [0.3, 0.4) is 0 Å². The minimum atomic E-state index is -3.01. The molecule has 10 heteroatoms. The molecule has 0 saturated heterocycles. The summed E-state index contributed by atoms with van der Waals surface area (Å²) in [6.45, 7) is 0.544. The maximum atomic E-state index is 14.2. The number of thiazole rings is 1. The molecule has 1 N–H and O–H groups in total. The van der Waals surface area contributed by atoms with Gasteiger partial charge in [0.25, 0.3) is 0 Å². The number of nitrogens with one attached hydrogen (secondary N) is 1. The number of nitrogens with zero attached hydrogens (tertiary/aromatic N) is 4. The van der Waals surface area contributed by atoms with Crippen LogP contribution in [0.25, 0.3) is 10.7 Å². The molecule has 0 spiro atoms. The van der Waals surface area contributed by atoms with Gasteiger partial charge in [0.1, 0.15) is 32.2 Å². The van der Waals surface area contributed by atoms with Gasteiger partial charge in [-0.05, 0) is 43.5 Å². The highest BCUT2D eigenvalue weighted by molar-refractivity contribution is 7.90. The SMILES string of the molecule is CS(=O)(=O)CCc1cnc(-c2ccc(NCC3(c4ncccc4F)CCC3)nn2)s1. The second-order valence-electron chi connectivity index (χ2n) is 7.64. The standard InChI is InChI=1S/C20H22FN5O2S2/c1-30(27,28)11-7-14-12-23-19(29-14)16-5-6-17(26-25-16)24-13-20(8-3-9-20)18-15(21)4-2-10-22-18/h2,4-6,10,12H,3,7-9,11,13H2,1H3,(H,24,26). The molecule has 30 heavy (non-hydrogen) atoms. The van der Waals surface area contributed by atoms with Crippen LogP contribution >= 0.6 is 11.3 Å². The van der Waals surface area contributed by atoms with Gasteiger partial charge in [-0.2, -0.15) is 0 Å². The maximum Gasteiger partial charge on any atom is 0.148 e. The van der Waals surface area contributed by atoms with Gasteiger partial charge in [0.15, 0.2) is 0 Å². The molecule has 3 heterocycles. The van der Waals surface area contributed by atoms with Gasteiger partial charge in [-0.1, -0.05) is 6.42 Å². The van der Waals surface area contributed by atoms with Crippen LogP contribution in [-0.2, 0) is 21.7 Å². The summed E-state index contributed by atoms with van der Waals surface area (Å²) >= 11 is 1.41. The second-order valence-corrected chi connectivity index (χ2v) is 11.0. The molecular formula is C20H22FN5O2S2. The summed E-state index contributed by atoms with van der Waals surface area (Å²) in [7, 11) is -3.01. The van der Waals surface area contributed by atoms with E-state index in [0.29, 0.717) is 35.2 Å². The molecule has 1 aliphatic carbocycles. The minimum absolute atomic E-state index is 0.0990. The van der Waals surface area contributed by atoms with Gasteiger partial charge < -0.3 is 5.32 Å². The van der Waals surface area contributed by atoms with E-state index in [4.69, 9.17) is 0 Å². The molecule has 1 aliphatic rings. The van der Waals surface area contributed by atoms with Crippen LogP contribution < -0.4 is 5.32 Å². The monoisotopic (exact) mass is 447 g/mol. The fraction of sp³-hybridized carbons (Fsp3) is 0.400. The van der Waals surface area contributed by atoms with Crippen molar-refractivity contribution in [2.45, 2.75) is 31.1 Å². The summed E-state index contributed by atoms with van der Waals surface area (Å²) in [4.78, 5) is 9.49. The Morgan fingerprint density at radius 3 is 2.67 bits per heavy atom. The molecule has 0 amide bonds. The average molecular weight is 448 g/mol. The number of sulfone groups is 1. The Morgan fingerprint density at radius 1 is 1.20 bits per heavy atom. The first-order chi connectivity index (χ1) is 14.3. The van der Waals surface area contributed by atoms with E-state index in [-0.39, 0.29) is 17.0 Å². The molecule has 0 atom stereocenters. The molecule has 0 bridgehead atoms. The number of rotatable bonds is 8. The zero-order chi connectivity index (χ0) is 21.2. The van der Waals surface area contributed by atoms with Crippen molar-refractivity contribution in [3.05, 3.63) is 53.0 Å². The molecule has 0 radical (unpaired) electrons. The van der Waals surface area contributed by atoms with Gasteiger partial charge in [-0.3, -0.25) is 4.98 Å². The third-order valence-corrected chi connectivity index (χ3v) is 7.36. The lowest BCUT2D eigenvalue weighted by Gasteiger charge is -2.41. The predicted octanol–water partition coefficient (Wildman–Crippen LogP) is 3.26. The first-order valence-electron chi connectivity index (χ1n) is 9.66. The Balaban J connectivity index is 1.41. The molecule has 0 unspecified atom stereocenters. The molecule has 0 aromatic carbocycles. The second kappa shape index (κ2) is 8.35. The van der Waals surface area contributed by atoms with Gasteiger partial charge in [-0.15, -0.1) is 21.5 Å². The van der Waals surface area contributed by atoms with Crippen LogP contribution in [-0.4, -0.2) is 47.1 Å². The summed E-state index contributed by atoms with van der Waals surface area (Å²) in [6.07, 6.45) is 7.79. The third kappa shape index (κ3) is 4.65. The van der Waals surface area contributed by atoms with Crippen molar-refractivity contribution in [2.24, 2.45) is 0 Å². The van der Waals surface area contributed by atoms with Gasteiger partial charge in [-0.25, -0.2) is 17.8 Å². The minimum Gasteiger partial charge on any atom is -0.368 e. The summed E-state index contributed by atoms with van der Waals surface area (Å²) in [5, 5.41) is 12.4. The maximum absolute atomic E-state index is 14.2. The first-order valence-corrected chi connectivity index (χ1v) is 12.5. The predicted molar refractivity (Wildman–Crippen MR) is 115 cm³/mol. The molecule has 0 aliphatic heterocycles. The van der Waals surface area contributed by atoms with Gasteiger partial charge in [0, 0.05) is 35.5 Å². The summed E-state index contributed by atoms with van der Waals surface area (Å²) < 4.78 is 36.9. The van der Waals surface area contributed by atoms with Crippen molar-refractivity contribution in [2.75, 3.05) is 23.9 Å². The fourth-order valence-corrected chi connectivity index (χ4v) is 5.10. The van der Waals surface area contributed by atoms with Crippen molar-refractivity contribution in [3.8, 4) is 10.7 Å². The number of aromatic nitrogens is 4. The highest BCUT2D eigenvalue weighted by Gasteiger charge is 2.41. The zero-order valence-electron chi connectivity index (χ0n) is 16.5. The average Bonchev–Trinajstić information content (AvgIpc) is 3.16. The van der Waals surface area contributed by atoms with Crippen LogP contribution in [0.4, 0.5) is 10.2 Å². The summed E-state index contributed by atoms with van der Waals surface area (Å²) in [5.41, 5.74) is 0.832. The molecule has 3 aromatic rings. The Kier molecular flexibility index (Phi) is 5.79. The number of hydrogen-bond acceptors (Lipinski definition) is 8. The Morgan fingerprint density at radius 2 is 2.03 bits per heavy atom. The Labute approximate surface area is 178 Å². The molecule has 1 saturated carbocycles. The van der Waals surface area contributed by atoms with Crippen molar-refractivity contribution in [3.63, 3.8) is 0 Å². The van der Waals surface area contributed by atoms with Gasteiger partial charge >= 0.3 is 0 Å². The zero-order valence-corrected chi connectivity index (χ0v) is 18.1. The van der Waals surface area contributed by atoms with E-state index in [1.54, 1.807) is 18.5 Å². The summed E-state index contributed by atoms with van der Waals surface area (Å²) in [6, 6.07) is 6.70. The number of anilines is 1. The largest absolute Gasteiger partial charge is 0.368 e. The fourth-order valence-electron chi connectivity index (χ4n) is 3.50. The van der Waals surface area contributed by atoms with E-state index < -0.39 is 9.84 Å². The van der Waals surface area contributed by atoms with Crippen molar-refractivity contribution in [1.82, 2.24) is 20.2 Å². The molecule has 7 nitrogen and oxygen atoms in total. The van der Waals surface area contributed by atoms with Crippen molar-refractivity contribution >= 4 is 27.0 Å². The van der Waals surface area contributed by atoms with E-state index in [9.17, 15) is 12.8 Å². The molecule has 1 fully saturated rings. The van der Waals surface area contributed by atoms with E-state index >= 15 is 0 Å². The molecule has 3 aromatic heterocycles. The lowest BCUT2D eigenvalue weighted by atomic mass is 9.66. The topological polar surface area (TPSA) is 97.7 Å². The highest BCUT2D eigenvalue weighted by Crippen LogP contribution is 2.43. The van der Waals surface area contributed by atoms with E-state index in [1.807, 2.05) is 12.1 Å². The third-order valence-electron chi connectivity index (χ3n) is 5.34. The van der Waals surface area contributed by atoms with E-state index in [0.717, 1.165) is 24.1 Å². The Hall–Kier alpha value is -2.46. The lowest BCUT2D eigenvalue weighted by Crippen LogP contribution is -2.42. The molecule has 158 valence electrons. The van der Waals surface area contributed by atoms with Crippen LogP contribution in [0, 0.1) is 5.82 Å². The van der Waals surface area contributed by atoms with Crippen LogP contribution in [0.2, 0.25) is 0 Å². The van der Waals surface area contributed by atoms with Crippen LogP contribution in [0.5, 0.6) is 0 Å². The van der Waals surface area contributed by atoms with Crippen LogP contribution in [0.15, 0.2) is 36.7 Å². The van der Waals surface area contributed by atoms with Crippen molar-refractivity contribution in [1.29, 1.82) is 0 Å². The smallest absolute Gasteiger partial charge is 0.148 e. The van der Waals surface area contributed by atoms with Gasteiger partial charge in [0.2, 0.25) is 0 Å². The first kappa shape index (κ1) is 20.8. The molecule has 4 rings (SSSR count). The van der Waals surface area contributed by atoms with E-state index in [2.05, 4.69) is 25.5 Å². The van der Waals surface area contributed by atoms with Gasteiger partial charge in [0.05, 0.1) is 11.4 Å². The lowest BCUT2D eigenvalue weighted by molar-refractivity contribution is 0.243. The number of pyridine rings is 1.